The first-order valence-corrected chi connectivity index (χ1v) is 6.22. The third-order valence-corrected chi connectivity index (χ3v) is 3.02. The first-order valence-electron chi connectivity index (χ1n) is 6.22. The first kappa shape index (κ1) is 14.7. The van der Waals surface area contributed by atoms with Gasteiger partial charge in [0.05, 0.1) is 13.7 Å². The van der Waals surface area contributed by atoms with Gasteiger partial charge in [-0.3, -0.25) is 4.79 Å². The monoisotopic (exact) mass is 249 g/mol. The highest BCUT2D eigenvalue weighted by molar-refractivity contribution is 5.77. The standard InChI is InChI=1S/C15H23NO2/c1-11-6-7-14(18-5)13(8-11)15(3,4)10-16-9-12(2)17/h6-8,16H,9-10H2,1-5H3. The van der Waals surface area contributed by atoms with Gasteiger partial charge in [0.15, 0.2) is 0 Å². The van der Waals surface area contributed by atoms with Gasteiger partial charge in [-0.1, -0.05) is 31.5 Å². The van der Waals surface area contributed by atoms with E-state index in [9.17, 15) is 4.79 Å². The van der Waals surface area contributed by atoms with E-state index in [1.807, 2.05) is 12.1 Å². The highest BCUT2D eigenvalue weighted by Crippen LogP contribution is 2.31. The molecule has 0 radical (unpaired) electrons. The first-order chi connectivity index (χ1) is 8.36. The van der Waals surface area contributed by atoms with Gasteiger partial charge < -0.3 is 10.1 Å². The lowest BCUT2D eigenvalue weighted by atomic mass is 9.83. The molecule has 3 nitrogen and oxygen atoms in total. The normalized spacial score (nSPS) is 11.4. The zero-order valence-electron chi connectivity index (χ0n) is 12.0. The van der Waals surface area contributed by atoms with Gasteiger partial charge in [-0.2, -0.15) is 0 Å². The number of aryl methyl sites for hydroxylation is 1. The van der Waals surface area contributed by atoms with Crippen LogP contribution in [0.15, 0.2) is 18.2 Å². The molecule has 0 aromatic heterocycles. The van der Waals surface area contributed by atoms with Crippen LogP contribution >= 0.6 is 0 Å². The summed E-state index contributed by atoms with van der Waals surface area (Å²) in [6.07, 6.45) is 0. The number of ether oxygens (including phenoxy) is 1. The smallest absolute Gasteiger partial charge is 0.143 e. The van der Waals surface area contributed by atoms with Crippen LogP contribution in [0.2, 0.25) is 0 Å². The minimum absolute atomic E-state index is 0.0766. The number of benzene rings is 1. The second-order valence-corrected chi connectivity index (χ2v) is 5.39. The summed E-state index contributed by atoms with van der Waals surface area (Å²) in [5.41, 5.74) is 2.30. The van der Waals surface area contributed by atoms with Crippen molar-refractivity contribution in [2.75, 3.05) is 20.2 Å². The topological polar surface area (TPSA) is 38.3 Å². The van der Waals surface area contributed by atoms with Crippen molar-refractivity contribution in [3.05, 3.63) is 29.3 Å². The SMILES string of the molecule is COc1ccc(C)cc1C(C)(C)CNCC(C)=O. The van der Waals surface area contributed by atoms with E-state index in [1.54, 1.807) is 14.0 Å². The molecule has 1 aromatic carbocycles. The van der Waals surface area contributed by atoms with Crippen molar-refractivity contribution in [1.29, 1.82) is 0 Å². The molecule has 0 unspecified atom stereocenters. The van der Waals surface area contributed by atoms with E-state index in [0.717, 1.165) is 12.3 Å². The van der Waals surface area contributed by atoms with Crippen molar-refractivity contribution in [1.82, 2.24) is 5.32 Å². The Labute approximate surface area is 110 Å². The number of nitrogens with one attached hydrogen (secondary N) is 1. The van der Waals surface area contributed by atoms with Crippen molar-refractivity contribution in [3.8, 4) is 5.75 Å². The molecule has 18 heavy (non-hydrogen) atoms. The van der Waals surface area contributed by atoms with Crippen LogP contribution in [-0.2, 0) is 10.2 Å². The van der Waals surface area contributed by atoms with Crippen LogP contribution in [-0.4, -0.2) is 26.0 Å². The maximum absolute atomic E-state index is 11.0. The van der Waals surface area contributed by atoms with Gasteiger partial charge >= 0.3 is 0 Å². The van der Waals surface area contributed by atoms with E-state index < -0.39 is 0 Å². The van der Waals surface area contributed by atoms with Gasteiger partial charge in [0.1, 0.15) is 11.5 Å². The third-order valence-electron chi connectivity index (χ3n) is 3.02. The lowest BCUT2D eigenvalue weighted by Crippen LogP contribution is -2.35. The molecule has 0 aliphatic rings. The van der Waals surface area contributed by atoms with E-state index in [-0.39, 0.29) is 11.2 Å². The number of carbonyl (C=O) groups is 1. The number of carbonyl (C=O) groups excluding carboxylic acids is 1. The van der Waals surface area contributed by atoms with Crippen LogP contribution in [0.3, 0.4) is 0 Å². The number of ketones is 1. The molecule has 0 saturated heterocycles. The van der Waals surface area contributed by atoms with Crippen LogP contribution in [0.4, 0.5) is 0 Å². The van der Waals surface area contributed by atoms with Crippen LogP contribution in [0.1, 0.15) is 31.9 Å². The Balaban J connectivity index is 2.88. The lowest BCUT2D eigenvalue weighted by Gasteiger charge is -2.27. The molecule has 0 aliphatic heterocycles. The van der Waals surface area contributed by atoms with Gasteiger partial charge in [-0.05, 0) is 19.9 Å². The Morgan fingerprint density at radius 1 is 1.39 bits per heavy atom. The number of Topliss-reactive ketones (excluding diaryl/α,β-unsaturated/α-hetero) is 1. The highest BCUT2D eigenvalue weighted by Gasteiger charge is 2.24. The second kappa shape index (κ2) is 6.01. The van der Waals surface area contributed by atoms with E-state index in [0.29, 0.717) is 6.54 Å². The molecular weight excluding hydrogens is 226 g/mol. The van der Waals surface area contributed by atoms with Gasteiger partial charge in [-0.25, -0.2) is 0 Å². The van der Waals surface area contributed by atoms with Crippen molar-refractivity contribution < 1.29 is 9.53 Å². The maximum atomic E-state index is 11.0. The molecule has 0 bridgehead atoms. The fourth-order valence-electron chi connectivity index (χ4n) is 2.00. The Kier molecular flexibility index (Phi) is 4.91. The number of methoxy groups -OCH3 is 1. The molecule has 1 rings (SSSR count). The summed E-state index contributed by atoms with van der Waals surface area (Å²) in [5, 5.41) is 3.19. The van der Waals surface area contributed by atoms with Gasteiger partial charge in [-0.15, -0.1) is 0 Å². The lowest BCUT2D eigenvalue weighted by molar-refractivity contribution is -0.116. The minimum atomic E-state index is -0.0766. The Bertz CT molecular complexity index is 425. The average Bonchev–Trinajstić information content (AvgIpc) is 2.28. The van der Waals surface area contributed by atoms with Crippen LogP contribution < -0.4 is 10.1 Å². The Morgan fingerprint density at radius 2 is 2.06 bits per heavy atom. The third kappa shape index (κ3) is 3.84. The predicted octanol–water partition coefficient (Wildman–Crippen LogP) is 2.46. The molecule has 1 N–H and O–H groups in total. The van der Waals surface area contributed by atoms with E-state index in [4.69, 9.17) is 4.74 Å². The van der Waals surface area contributed by atoms with Gasteiger partial charge in [0.25, 0.3) is 0 Å². The number of rotatable bonds is 6. The molecule has 0 spiro atoms. The molecule has 100 valence electrons. The van der Waals surface area contributed by atoms with Crippen molar-refractivity contribution >= 4 is 5.78 Å². The molecule has 0 heterocycles. The number of hydrogen-bond donors (Lipinski definition) is 1. The molecule has 0 fully saturated rings. The number of hydrogen-bond acceptors (Lipinski definition) is 3. The summed E-state index contributed by atoms with van der Waals surface area (Å²) in [6, 6.07) is 6.19. The summed E-state index contributed by atoms with van der Waals surface area (Å²) >= 11 is 0. The molecule has 0 aliphatic carbocycles. The Hall–Kier alpha value is -1.35. The molecule has 0 saturated carbocycles. The zero-order chi connectivity index (χ0) is 13.8. The molecule has 0 atom stereocenters. The largest absolute Gasteiger partial charge is 0.496 e. The fraction of sp³-hybridized carbons (Fsp3) is 0.533. The summed E-state index contributed by atoms with van der Waals surface area (Å²) < 4.78 is 5.42. The molecule has 1 aromatic rings. The summed E-state index contributed by atoms with van der Waals surface area (Å²) in [4.78, 5) is 11.0. The van der Waals surface area contributed by atoms with Crippen molar-refractivity contribution in [2.45, 2.75) is 33.1 Å². The van der Waals surface area contributed by atoms with Gasteiger partial charge in [0, 0.05) is 17.5 Å². The highest BCUT2D eigenvalue weighted by atomic mass is 16.5. The molecule has 3 heteroatoms. The average molecular weight is 249 g/mol. The van der Waals surface area contributed by atoms with Crippen molar-refractivity contribution in [2.24, 2.45) is 0 Å². The molecular formula is C15H23NO2. The van der Waals surface area contributed by atoms with Gasteiger partial charge in [0.2, 0.25) is 0 Å². The summed E-state index contributed by atoms with van der Waals surface area (Å²) in [5.74, 6) is 1.05. The maximum Gasteiger partial charge on any atom is 0.143 e. The van der Waals surface area contributed by atoms with Crippen LogP contribution in [0.5, 0.6) is 5.75 Å². The van der Waals surface area contributed by atoms with E-state index in [2.05, 4.69) is 32.2 Å². The predicted molar refractivity (Wildman–Crippen MR) is 74.3 cm³/mol. The quantitative estimate of drug-likeness (QED) is 0.841. The second-order valence-electron chi connectivity index (χ2n) is 5.39. The minimum Gasteiger partial charge on any atom is -0.496 e. The Morgan fingerprint density at radius 3 is 2.61 bits per heavy atom. The van der Waals surface area contributed by atoms with Crippen LogP contribution in [0, 0.1) is 6.92 Å². The fourth-order valence-corrected chi connectivity index (χ4v) is 2.00. The summed E-state index contributed by atoms with van der Waals surface area (Å²) in [6.45, 7) is 9.12. The van der Waals surface area contributed by atoms with Crippen molar-refractivity contribution in [3.63, 3.8) is 0 Å². The zero-order valence-corrected chi connectivity index (χ0v) is 12.0. The summed E-state index contributed by atoms with van der Waals surface area (Å²) in [7, 11) is 1.69. The van der Waals surface area contributed by atoms with Crippen LogP contribution in [0.25, 0.3) is 0 Å². The van der Waals surface area contributed by atoms with E-state index >= 15 is 0 Å². The van der Waals surface area contributed by atoms with E-state index in [1.165, 1.54) is 11.1 Å². The molecule has 0 amide bonds.